The van der Waals surface area contributed by atoms with E-state index in [9.17, 15) is 9.90 Å². The number of nitrogens with one attached hydrogen (secondary N) is 2. The molecule has 0 saturated carbocycles. The van der Waals surface area contributed by atoms with E-state index in [2.05, 4.69) is 28.1 Å². The normalized spacial score (nSPS) is 10.5. The average Bonchev–Trinajstić information content (AvgIpc) is 1.99. The van der Waals surface area contributed by atoms with E-state index in [-0.39, 0.29) is 10.8 Å². The molecular weight excluding hydrogens is 166 g/mol. The highest BCUT2D eigenvalue weighted by atomic mass is 32.1. The third kappa shape index (κ3) is 4.26. The van der Waals surface area contributed by atoms with Gasteiger partial charge in [0.2, 0.25) is 0 Å². The van der Waals surface area contributed by atoms with Crippen molar-refractivity contribution in [3.05, 3.63) is 0 Å². The van der Waals surface area contributed by atoms with E-state index in [1.165, 1.54) is 6.92 Å². The van der Waals surface area contributed by atoms with Crippen LogP contribution in [0.1, 0.15) is 6.92 Å². The van der Waals surface area contributed by atoms with Crippen molar-refractivity contribution in [2.45, 2.75) is 6.92 Å². The molecule has 5 nitrogen and oxygen atoms in total. The number of thiocarbonyl (C=S) groups is 1. The van der Waals surface area contributed by atoms with Crippen LogP contribution < -0.4 is 15.8 Å². The Balaban J connectivity index is 3.92. The Morgan fingerprint density at radius 1 is 1.64 bits per heavy atom. The molecule has 0 rings (SSSR count). The molecule has 0 amide bonds. The van der Waals surface area contributed by atoms with Crippen LogP contribution in [0.3, 0.4) is 0 Å². The number of hydrogen-bond acceptors (Lipinski definition) is 4. The van der Waals surface area contributed by atoms with Crippen LogP contribution in [0.15, 0.2) is 5.10 Å². The predicted octanol–water partition coefficient (Wildman–Crippen LogP) is -1.79. The quantitative estimate of drug-likeness (QED) is 0.293. The number of hydrazone groups is 1. The van der Waals surface area contributed by atoms with E-state index in [1.807, 2.05) is 0 Å². The third-order valence-electron chi connectivity index (χ3n) is 0.848. The minimum absolute atomic E-state index is 0.150. The molecule has 62 valence electrons. The Kier molecular flexibility index (Phi) is 4.12. The molecule has 0 atom stereocenters. The SMILES string of the molecule is CNC(=S)N/N=C(/C)C(=O)[O-]. The van der Waals surface area contributed by atoms with E-state index in [1.54, 1.807) is 7.05 Å². The fraction of sp³-hybridized carbons (Fsp3) is 0.400. The highest BCUT2D eigenvalue weighted by Crippen LogP contribution is 1.71. The molecule has 0 aliphatic rings. The van der Waals surface area contributed by atoms with Gasteiger partial charge >= 0.3 is 0 Å². The molecule has 0 spiro atoms. The lowest BCUT2D eigenvalue weighted by Crippen LogP contribution is -2.34. The van der Waals surface area contributed by atoms with Crippen LogP contribution >= 0.6 is 12.2 Å². The molecule has 0 heterocycles. The topological polar surface area (TPSA) is 76.5 Å². The highest BCUT2D eigenvalue weighted by molar-refractivity contribution is 7.80. The minimum atomic E-state index is -1.32. The van der Waals surface area contributed by atoms with E-state index in [0.29, 0.717) is 0 Å². The summed E-state index contributed by atoms with van der Waals surface area (Å²) in [6.45, 7) is 1.31. The molecule has 0 aromatic carbocycles. The summed E-state index contributed by atoms with van der Waals surface area (Å²) in [6, 6.07) is 0. The summed E-state index contributed by atoms with van der Waals surface area (Å²) in [5, 5.41) is 16.3. The second kappa shape index (κ2) is 4.62. The number of carbonyl (C=O) groups is 1. The van der Waals surface area contributed by atoms with Gasteiger partial charge in [0.05, 0.1) is 11.7 Å². The number of carbonyl (C=O) groups excluding carboxylic acids is 1. The first-order chi connectivity index (χ1) is 5.07. The van der Waals surface area contributed by atoms with Crippen molar-refractivity contribution in [3.8, 4) is 0 Å². The molecule has 0 aromatic rings. The van der Waals surface area contributed by atoms with E-state index in [4.69, 9.17) is 0 Å². The fourth-order valence-corrected chi connectivity index (χ4v) is 0.282. The number of rotatable bonds is 2. The molecule has 11 heavy (non-hydrogen) atoms. The zero-order valence-electron chi connectivity index (χ0n) is 6.17. The Morgan fingerprint density at radius 2 is 2.18 bits per heavy atom. The number of aliphatic carboxylic acids is 1. The van der Waals surface area contributed by atoms with Gasteiger partial charge in [-0.1, -0.05) is 0 Å². The summed E-state index contributed by atoms with van der Waals surface area (Å²) < 4.78 is 0. The van der Waals surface area contributed by atoms with Crippen molar-refractivity contribution < 1.29 is 9.90 Å². The predicted molar refractivity (Wildman–Crippen MR) is 42.9 cm³/mol. The van der Waals surface area contributed by atoms with Gasteiger partial charge in [-0.3, -0.25) is 5.43 Å². The number of carboxylic acids is 1. The van der Waals surface area contributed by atoms with E-state index >= 15 is 0 Å². The van der Waals surface area contributed by atoms with Crippen molar-refractivity contribution in [3.63, 3.8) is 0 Å². The first-order valence-electron chi connectivity index (χ1n) is 2.81. The van der Waals surface area contributed by atoms with Crippen molar-refractivity contribution in [2.24, 2.45) is 5.10 Å². The van der Waals surface area contributed by atoms with Crippen molar-refractivity contribution in [2.75, 3.05) is 7.05 Å². The standard InChI is InChI=1S/C5H9N3O2S/c1-3(4(9)10)7-8-5(11)6-2/h1-2H3,(H,9,10)(H2,6,8,11)/p-1/b7-3-. The van der Waals surface area contributed by atoms with Crippen molar-refractivity contribution >= 4 is 29.0 Å². The molecule has 0 bridgehead atoms. The summed E-state index contributed by atoms with van der Waals surface area (Å²) in [7, 11) is 1.60. The van der Waals surface area contributed by atoms with Gasteiger partial charge in [0, 0.05) is 7.05 Å². The van der Waals surface area contributed by atoms with Crippen molar-refractivity contribution in [1.29, 1.82) is 0 Å². The van der Waals surface area contributed by atoms with Gasteiger partial charge in [-0.05, 0) is 19.1 Å². The first-order valence-corrected chi connectivity index (χ1v) is 3.22. The van der Waals surface area contributed by atoms with Crippen LogP contribution in [0.4, 0.5) is 0 Å². The van der Waals surface area contributed by atoms with Gasteiger partial charge in [-0.2, -0.15) is 5.10 Å². The Bertz CT molecular complexity index is 202. The average molecular weight is 174 g/mol. The molecule has 0 unspecified atom stereocenters. The molecule has 0 aliphatic carbocycles. The van der Waals surface area contributed by atoms with Gasteiger partial charge in [0.25, 0.3) is 0 Å². The summed E-state index contributed by atoms with van der Waals surface area (Å²) in [6.07, 6.45) is 0. The molecule has 2 N–H and O–H groups in total. The van der Waals surface area contributed by atoms with Crippen LogP contribution in [0.5, 0.6) is 0 Å². The number of carboxylic acid groups (broad SMARTS) is 1. The van der Waals surface area contributed by atoms with Crippen LogP contribution in [0, 0.1) is 0 Å². The Hall–Kier alpha value is -1.17. The maximum Gasteiger partial charge on any atom is 0.186 e. The number of hydrogen-bond donors (Lipinski definition) is 2. The van der Waals surface area contributed by atoms with Crippen molar-refractivity contribution in [1.82, 2.24) is 10.7 Å². The Labute approximate surface area is 69.5 Å². The highest BCUT2D eigenvalue weighted by Gasteiger charge is 1.90. The van der Waals surface area contributed by atoms with Crippen LogP contribution in [-0.2, 0) is 4.79 Å². The molecule has 0 fully saturated rings. The summed E-state index contributed by atoms with van der Waals surface area (Å²) in [5.74, 6) is -1.32. The lowest BCUT2D eigenvalue weighted by molar-refractivity contribution is -0.294. The van der Waals surface area contributed by atoms with Crippen LogP contribution in [0.25, 0.3) is 0 Å². The zero-order valence-corrected chi connectivity index (χ0v) is 6.99. The lowest BCUT2D eigenvalue weighted by atomic mass is 10.4. The van der Waals surface area contributed by atoms with Crippen LogP contribution in [0.2, 0.25) is 0 Å². The van der Waals surface area contributed by atoms with Gasteiger partial charge < -0.3 is 15.2 Å². The van der Waals surface area contributed by atoms with E-state index in [0.717, 1.165) is 0 Å². The lowest BCUT2D eigenvalue weighted by Gasteiger charge is -2.03. The minimum Gasteiger partial charge on any atom is -0.543 e. The number of nitrogens with zero attached hydrogens (tertiary/aromatic N) is 1. The zero-order chi connectivity index (χ0) is 8.85. The second-order valence-corrected chi connectivity index (χ2v) is 2.08. The smallest absolute Gasteiger partial charge is 0.186 e. The van der Waals surface area contributed by atoms with Gasteiger partial charge in [-0.15, -0.1) is 0 Å². The molecule has 0 saturated heterocycles. The molecule has 0 radical (unpaired) electrons. The maximum absolute atomic E-state index is 10.1. The van der Waals surface area contributed by atoms with Gasteiger partial charge in [0.15, 0.2) is 5.11 Å². The summed E-state index contributed by atoms with van der Waals surface area (Å²) in [5.41, 5.74) is 2.15. The molecule has 6 heteroatoms. The summed E-state index contributed by atoms with van der Waals surface area (Å²) in [4.78, 5) is 10.1. The molecule has 0 aliphatic heterocycles. The van der Waals surface area contributed by atoms with Gasteiger partial charge in [0.1, 0.15) is 0 Å². The third-order valence-corrected chi connectivity index (χ3v) is 1.14. The molecule has 0 aromatic heterocycles. The fourth-order valence-electron chi connectivity index (χ4n) is 0.236. The monoisotopic (exact) mass is 174 g/mol. The Morgan fingerprint density at radius 3 is 2.55 bits per heavy atom. The largest absolute Gasteiger partial charge is 0.543 e. The van der Waals surface area contributed by atoms with E-state index < -0.39 is 5.97 Å². The first kappa shape index (κ1) is 9.83. The molecular formula is C5H8N3O2S-. The summed E-state index contributed by atoms with van der Waals surface area (Å²) >= 11 is 4.62. The van der Waals surface area contributed by atoms with Gasteiger partial charge in [-0.25, -0.2) is 0 Å². The van der Waals surface area contributed by atoms with Crippen LogP contribution in [-0.4, -0.2) is 23.8 Å². The second-order valence-electron chi connectivity index (χ2n) is 1.68. The maximum atomic E-state index is 10.1.